The highest BCUT2D eigenvalue weighted by Gasteiger charge is 2.17. The van der Waals surface area contributed by atoms with Gasteiger partial charge in [0.25, 0.3) is 0 Å². The van der Waals surface area contributed by atoms with Gasteiger partial charge in [0.1, 0.15) is 5.82 Å². The molecule has 0 atom stereocenters. The molecular weight excluding hydrogens is 342 g/mol. The van der Waals surface area contributed by atoms with Gasteiger partial charge in [-0.15, -0.1) is 0 Å². The van der Waals surface area contributed by atoms with Gasteiger partial charge in [0.05, 0.1) is 5.69 Å². The quantitative estimate of drug-likeness (QED) is 0.746. The first-order valence-electron chi connectivity index (χ1n) is 9.49. The number of piperazine rings is 1. The van der Waals surface area contributed by atoms with Gasteiger partial charge < -0.3 is 9.80 Å². The fraction of sp³-hybridized carbons (Fsp3) is 0.600. The van der Waals surface area contributed by atoms with E-state index in [4.69, 9.17) is 10.1 Å². The molecule has 1 aliphatic heterocycles. The maximum atomic E-state index is 4.90. The van der Waals surface area contributed by atoms with Gasteiger partial charge in [-0.3, -0.25) is 0 Å². The van der Waals surface area contributed by atoms with E-state index in [0.29, 0.717) is 0 Å². The Morgan fingerprint density at radius 1 is 1.08 bits per heavy atom. The summed E-state index contributed by atoms with van der Waals surface area (Å²) in [5.74, 6) is 3.12. The third-order valence-corrected chi connectivity index (χ3v) is 5.91. The fourth-order valence-electron chi connectivity index (χ4n) is 3.34. The number of hydrogen-bond donors (Lipinski definition) is 0. The molecule has 0 aliphatic carbocycles. The number of thioether (sulfide) groups is 1. The van der Waals surface area contributed by atoms with E-state index >= 15 is 0 Å². The van der Waals surface area contributed by atoms with Crippen LogP contribution in [-0.2, 0) is 12.8 Å². The molecule has 2 aromatic rings. The third kappa shape index (κ3) is 4.67. The number of nitrogens with zero attached hydrogens (tertiary/aromatic N) is 5. The van der Waals surface area contributed by atoms with Crippen LogP contribution in [0.2, 0.25) is 0 Å². The molecule has 142 valence electrons. The zero-order valence-corrected chi connectivity index (χ0v) is 17.3. The molecule has 6 heteroatoms. The van der Waals surface area contributed by atoms with Crippen molar-refractivity contribution in [3.05, 3.63) is 41.0 Å². The molecule has 3 rings (SSSR count). The standard InChI is InChI=1S/C20H31N5S/c1-16-6-5-7-18(17(16)2)25-20(21-19(22-25)9-15-26-4)8-10-24-13-11-23(3)12-14-24/h5-7H,8-15H2,1-4H3. The van der Waals surface area contributed by atoms with E-state index in [1.807, 2.05) is 11.8 Å². The van der Waals surface area contributed by atoms with Crippen molar-refractivity contribution in [2.75, 3.05) is 51.8 Å². The summed E-state index contributed by atoms with van der Waals surface area (Å²) in [5, 5.41) is 4.86. The lowest BCUT2D eigenvalue weighted by Crippen LogP contribution is -2.45. The summed E-state index contributed by atoms with van der Waals surface area (Å²) in [6, 6.07) is 6.44. The SMILES string of the molecule is CSCCc1nc(CCN2CCN(C)CC2)n(-c2cccc(C)c2C)n1. The van der Waals surface area contributed by atoms with Gasteiger partial charge in [-0.05, 0) is 44.3 Å². The highest BCUT2D eigenvalue weighted by molar-refractivity contribution is 7.98. The van der Waals surface area contributed by atoms with Gasteiger partial charge in [0, 0.05) is 51.3 Å². The van der Waals surface area contributed by atoms with E-state index < -0.39 is 0 Å². The monoisotopic (exact) mass is 373 g/mol. The number of aryl methyl sites for hydroxylation is 2. The molecule has 1 aliphatic rings. The molecule has 0 bridgehead atoms. The van der Waals surface area contributed by atoms with Crippen LogP contribution >= 0.6 is 11.8 Å². The number of rotatable bonds is 7. The van der Waals surface area contributed by atoms with E-state index in [-0.39, 0.29) is 0 Å². The Bertz CT molecular complexity index is 719. The smallest absolute Gasteiger partial charge is 0.152 e. The van der Waals surface area contributed by atoms with Gasteiger partial charge in [-0.1, -0.05) is 12.1 Å². The number of benzene rings is 1. The average Bonchev–Trinajstić information content (AvgIpc) is 3.04. The lowest BCUT2D eigenvalue weighted by Gasteiger charge is -2.32. The van der Waals surface area contributed by atoms with E-state index in [0.717, 1.165) is 63.0 Å². The minimum atomic E-state index is 0.931. The molecule has 5 nitrogen and oxygen atoms in total. The van der Waals surface area contributed by atoms with Crippen LogP contribution in [0, 0.1) is 13.8 Å². The van der Waals surface area contributed by atoms with E-state index in [9.17, 15) is 0 Å². The third-order valence-electron chi connectivity index (χ3n) is 5.30. The van der Waals surface area contributed by atoms with Crippen LogP contribution in [0.15, 0.2) is 18.2 Å². The molecule has 0 amide bonds. The Morgan fingerprint density at radius 3 is 2.58 bits per heavy atom. The second-order valence-electron chi connectivity index (χ2n) is 7.21. The van der Waals surface area contributed by atoms with E-state index in [1.165, 1.54) is 16.8 Å². The minimum absolute atomic E-state index is 0.931. The molecule has 0 spiro atoms. The lowest BCUT2D eigenvalue weighted by atomic mass is 10.1. The molecule has 0 N–H and O–H groups in total. The zero-order chi connectivity index (χ0) is 18.5. The molecule has 1 fully saturated rings. The highest BCUT2D eigenvalue weighted by Crippen LogP contribution is 2.19. The van der Waals surface area contributed by atoms with Crippen LogP contribution in [0.25, 0.3) is 5.69 Å². The topological polar surface area (TPSA) is 37.2 Å². The van der Waals surface area contributed by atoms with Gasteiger partial charge in [-0.25, -0.2) is 9.67 Å². The van der Waals surface area contributed by atoms with E-state index in [1.54, 1.807) is 0 Å². The molecule has 0 saturated carbocycles. The minimum Gasteiger partial charge on any atom is -0.304 e. The molecule has 0 unspecified atom stereocenters. The number of aromatic nitrogens is 3. The predicted molar refractivity (Wildman–Crippen MR) is 111 cm³/mol. The van der Waals surface area contributed by atoms with Crippen molar-refractivity contribution in [1.82, 2.24) is 24.6 Å². The number of hydrogen-bond acceptors (Lipinski definition) is 5. The summed E-state index contributed by atoms with van der Waals surface area (Å²) in [6.07, 6.45) is 4.01. The van der Waals surface area contributed by atoms with Crippen molar-refractivity contribution < 1.29 is 0 Å². The molecule has 1 aromatic heterocycles. The van der Waals surface area contributed by atoms with Crippen LogP contribution in [0.5, 0.6) is 0 Å². The van der Waals surface area contributed by atoms with Crippen LogP contribution < -0.4 is 0 Å². The Labute approximate surface area is 161 Å². The number of likely N-dealkylation sites (N-methyl/N-ethyl adjacent to an activating group) is 1. The van der Waals surface area contributed by atoms with Crippen molar-refractivity contribution >= 4 is 11.8 Å². The van der Waals surface area contributed by atoms with Crippen molar-refractivity contribution in [2.45, 2.75) is 26.7 Å². The Balaban J connectivity index is 1.80. The summed E-state index contributed by atoms with van der Waals surface area (Å²) in [6.45, 7) is 10.00. The highest BCUT2D eigenvalue weighted by atomic mass is 32.2. The van der Waals surface area contributed by atoms with Gasteiger partial charge in [0.15, 0.2) is 5.82 Å². The average molecular weight is 374 g/mol. The maximum Gasteiger partial charge on any atom is 0.152 e. The zero-order valence-electron chi connectivity index (χ0n) is 16.5. The Morgan fingerprint density at radius 2 is 1.85 bits per heavy atom. The first-order chi connectivity index (χ1) is 12.6. The van der Waals surface area contributed by atoms with Crippen LogP contribution in [0.4, 0.5) is 0 Å². The molecular formula is C20H31N5S. The molecule has 2 heterocycles. The molecule has 26 heavy (non-hydrogen) atoms. The van der Waals surface area contributed by atoms with Gasteiger partial charge >= 0.3 is 0 Å². The summed E-state index contributed by atoms with van der Waals surface area (Å²) < 4.78 is 2.09. The second-order valence-corrected chi connectivity index (χ2v) is 8.20. The Kier molecular flexibility index (Phi) is 6.73. The largest absolute Gasteiger partial charge is 0.304 e. The Hall–Kier alpha value is -1.37. The normalized spacial score (nSPS) is 16.3. The van der Waals surface area contributed by atoms with Crippen LogP contribution in [0.3, 0.4) is 0 Å². The lowest BCUT2D eigenvalue weighted by molar-refractivity contribution is 0.154. The van der Waals surface area contributed by atoms with Crippen molar-refractivity contribution in [1.29, 1.82) is 0 Å². The van der Waals surface area contributed by atoms with Crippen LogP contribution in [-0.4, -0.2) is 76.3 Å². The van der Waals surface area contributed by atoms with Gasteiger partial charge in [-0.2, -0.15) is 16.9 Å². The molecule has 0 radical (unpaired) electrons. The first-order valence-corrected chi connectivity index (χ1v) is 10.9. The fourth-order valence-corrected chi connectivity index (χ4v) is 3.73. The van der Waals surface area contributed by atoms with E-state index in [2.05, 4.69) is 59.8 Å². The van der Waals surface area contributed by atoms with Crippen molar-refractivity contribution in [2.24, 2.45) is 0 Å². The maximum absolute atomic E-state index is 4.90. The summed E-state index contributed by atoms with van der Waals surface area (Å²) in [4.78, 5) is 9.84. The summed E-state index contributed by atoms with van der Waals surface area (Å²) in [7, 11) is 2.20. The first kappa shape index (κ1) is 19.4. The molecule has 1 saturated heterocycles. The predicted octanol–water partition coefficient (Wildman–Crippen LogP) is 2.58. The van der Waals surface area contributed by atoms with Crippen molar-refractivity contribution in [3.63, 3.8) is 0 Å². The van der Waals surface area contributed by atoms with Gasteiger partial charge in [0.2, 0.25) is 0 Å². The summed E-state index contributed by atoms with van der Waals surface area (Å²) in [5.41, 5.74) is 3.75. The second kappa shape index (κ2) is 9.02. The molecule has 1 aromatic carbocycles. The summed E-state index contributed by atoms with van der Waals surface area (Å²) >= 11 is 1.85. The van der Waals surface area contributed by atoms with Crippen LogP contribution in [0.1, 0.15) is 22.8 Å². The van der Waals surface area contributed by atoms with Crippen molar-refractivity contribution in [3.8, 4) is 5.69 Å².